The number of carbonyl (C=O) groups is 1. The van der Waals surface area contributed by atoms with Gasteiger partial charge in [-0.3, -0.25) is 4.79 Å². The Morgan fingerprint density at radius 1 is 1.09 bits per heavy atom. The van der Waals surface area contributed by atoms with E-state index in [9.17, 15) is 9.18 Å². The zero-order valence-corrected chi connectivity index (χ0v) is 12.0. The first-order chi connectivity index (χ1) is 10.7. The van der Waals surface area contributed by atoms with E-state index in [1.54, 1.807) is 36.4 Å². The highest BCUT2D eigenvalue weighted by Gasteiger charge is 2.02. The van der Waals surface area contributed by atoms with Gasteiger partial charge in [0.2, 0.25) is 5.91 Å². The number of carbonyl (C=O) groups excluding carboxylic acids is 1. The third kappa shape index (κ3) is 5.00. The average Bonchev–Trinajstić information content (AvgIpc) is 2.54. The Kier molecular flexibility index (Phi) is 5.64. The topological polar surface area (TPSA) is 64.9 Å². The van der Waals surface area contributed by atoms with Gasteiger partial charge in [-0.1, -0.05) is 12.1 Å². The van der Waals surface area contributed by atoms with Crippen molar-refractivity contribution in [2.75, 3.05) is 11.9 Å². The van der Waals surface area contributed by atoms with Gasteiger partial charge in [0.25, 0.3) is 0 Å². The van der Waals surface area contributed by atoms with E-state index >= 15 is 0 Å². The van der Waals surface area contributed by atoms with E-state index in [-0.39, 0.29) is 11.7 Å². The number of hydrogen-bond donors (Lipinski definition) is 2. The smallest absolute Gasteiger partial charge is 0.225 e. The third-order valence-corrected chi connectivity index (χ3v) is 3.07. The van der Waals surface area contributed by atoms with Crippen LogP contribution in [0.5, 0.6) is 0 Å². The number of halogens is 1. The molecule has 0 heterocycles. The Bertz CT molecular complexity index is 660. The van der Waals surface area contributed by atoms with Crippen LogP contribution in [0.2, 0.25) is 0 Å². The summed E-state index contributed by atoms with van der Waals surface area (Å²) in [5, 5.41) is 14.6. The molecular formula is C17H16FN3O. The maximum absolute atomic E-state index is 12.7. The SMILES string of the molecule is N#Cc1ccc(NC(=O)CCNCc2ccc(F)cc2)cc1. The molecule has 0 aliphatic carbocycles. The second-order valence-electron chi connectivity index (χ2n) is 4.79. The van der Waals surface area contributed by atoms with Crippen molar-refractivity contribution < 1.29 is 9.18 Å². The summed E-state index contributed by atoms with van der Waals surface area (Å²) in [5.41, 5.74) is 2.19. The van der Waals surface area contributed by atoms with Crippen LogP contribution in [-0.4, -0.2) is 12.5 Å². The van der Waals surface area contributed by atoms with Gasteiger partial charge >= 0.3 is 0 Å². The third-order valence-electron chi connectivity index (χ3n) is 3.07. The first-order valence-electron chi connectivity index (χ1n) is 6.92. The summed E-state index contributed by atoms with van der Waals surface area (Å²) in [6.07, 6.45) is 0.335. The van der Waals surface area contributed by atoms with Crippen molar-refractivity contribution in [3.8, 4) is 6.07 Å². The molecule has 22 heavy (non-hydrogen) atoms. The Labute approximate surface area is 128 Å². The molecule has 0 saturated heterocycles. The molecule has 0 aliphatic heterocycles. The van der Waals surface area contributed by atoms with Gasteiger partial charge in [0.05, 0.1) is 11.6 Å². The fraction of sp³-hybridized carbons (Fsp3) is 0.176. The summed E-state index contributed by atoms with van der Waals surface area (Å²) in [6.45, 7) is 1.11. The van der Waals surface area contributed by atoms with Crippen molar-refractivity contribution in [2.45, 2.75) is 13.0 Å². The van der Waals surface area contributed by atoms with Gasteiger partial charge in [-0.25, -0.2) is 4.39 Å². The number of hydrogen-bond acceptors (Lipinski definition) is 3. The molecule has 0 atom stereocenters. The standard InChI is InChI=1S/C17H16FN3O/c18-15-5-1-14(2-6-15)12-20-10-9-17(22)21-16-7-3-13(11-19)4-8-16/h1-8,20H,9-10,12H2,(H,21,22). The summed E-state index contributed by atoms with van der Waals surface area (Å²) in [4.78, 5) is 11.8. The molecule has 0 unspecified atom stereocenters. The van der Waals surface area contributed by atoms with E-state index in [1.165, 1.54) is 12.1 Å². The number of amides is 1. The lowest BCUT2D eigenvalue weighted by molar-refractivity contribution is -0.116. The highest BCUT2D eigenvalue weighted by molar-refractivity contribution is 5.90. The molecule has 2 rings (SSSR count). The van der Waals surface area contributed by atoms with Crippen molar-refractivity contribution in [2.24, 2.45) is 0 Å². The number of nitriles is 1. The van der Waals surface area contributed by atoms with Gasteiger partial charge in [0.1, 0.15) is 5.82 Å². The highest BCUT2D eigenvalue weighted by Crippen LogP contribution is 2.09. The Morgan fingerprint density at radius 2 is 1.77 bits per heavy atom. The maximum Gasteiger partial charge on any atom is 0.225 e. The van der Waals surface area contributed by atoms with Crippen LogP contribution in [0.4, 0.5) is 10.1 Å². The summed E-state index contributed by atoms with van der Waals surface area (Å²) < 4.78 is 12.7. The molecule has 2 aromatic rings. The molecule has 0 aliphatic rings. The van der Waals surface area contributed by atoms with Crippen LogP contribution < -0.4 is 10.6 Å². The number of nitrogens with one attached hydrogen (secondary N) is 2. The molecule has 0 radical (unpaired) electrons. The number of anilines is 1. The monoisotopic (exact) mass is 297 g/mol. The zero-order chi connectivity index (χ0) is 15.8. The van der Waals surface area contributed by atoms with Gasteiger partial charge in [0.15, 0.2) is 0 Å². The van der Waals surface area contributed by atoms with Crippen LogP contribution in [0.25, 0.3) is 0 Å². The Morgan fingerprint density at radius 3 is 2.41 bits per heavy atom. The normalized spacial score (nSPS) is 10.0. The van der Waals surface area contributed by atoms with Crippen molar-refractivity contribution in [3.63, 3.8) is 0 Å². The predicted octanol–water partition coefficient (Wildman–Crippen LogP) is 2.82. The van der Waals surface area contributed by atoms with E-state index in [2.05, 4.69) is 10.6 Å². The van der Waals surface area contributed by atoms with Gasteiger partial charge < -0.3 is 10.6 Å². The van der Waals surface area contributed by atoms with Crippen molar-refractivity contribution in [3.05, 3.63) is 65.5 Å². The van der Waals surface area contributed by atoms with Gasteiger partial charge in [-0.2, -0.15) is 5.26 Å². The fourth-order valence-corrected chi connectivity index (χ4v) is 1.89. The lowest BCUT2D eigenvalue weighted by Gasteiger charge is -2.07. The second kappa shape index (κ2) is 7.91. The van der Waals surface area contributed by atoms with Crippen LogP contribution in [0, 0.1) is 17.1 Å². The first-order valence-corrected chi connectivity index (χ1v) is 6.92. The molecule has 2 N–H and O–H groups in total. The Hall–Kier alpha value is -2.71. The van der Waals surface area contributed by atoms with E-state index in [4.69, 9.17) is 5.26 Å². The molecule has 112 valence electrons. The summed E-state index contributed by atoms with van der Waals surface area (Å²) in [6, 6.07) is 15.0. The minimum atomic E-state index is -0.259. The molecule has 0 fully saturated rings. The lowest BCUT2D eigenvalue weighted by Crippen LogP contribution is -2.21. The van der Waals surface area contributed by atoms with Gasteiger partial charge in [-0.05, 0) is 42.0 Å². The minimum Gasteiger partial charge on any atom is -0.326 e. The number of nitrogens with zero attached hydrogens (tertiary/aromatic N) is 1. The fourth-order valence-electron chi connectivity index (χ4n) is 1.89. The quantitative estimate of drug-likeness (QED) is 0.806. The highest BCUT2D eigenvalue weighted by atomic mass is 19.1. The summed E-state index contributed by atoms with van der Waals surface area (Å²) >= 11 is 0. The van der Waals surface area contributed by atoms with Crippen LogP contribution in [-0.2, 0) is 11.3 Å². The molecule has 5 heteroatoms. The van der Waals surface area contributed by atoms with E-state index < -0.39 is 0 Å². The molecular weight excluding hydrogens is 281 g/mol. The first kappa shape index (κ1) is 15.7. The van der Waals surface area contributed by atoms with Crippen LogP contribution in [0.15, 0.2) is 48.5 Å². The maximum atomic E-state index is 12.7. The van der Waals surface area contributed by atoms with Gasteiger partial charge in [-0.15, -0.1) is 0 Å². The zero-order valence-electron chi connectivity index (χ0n) is 12.0. The van der Waals surface area contributed by atoms with E-state index in [0.717, 1.165) is 5.56 Å². The second-order valence-corrected chi connectivity index (χ2v) is 4.79. The van der Waals surface area contributed by atoms with Crippen molar-refractivity contribution in [1.82, 2.24) is 5.32 Å². The largest absolute Gasteiger partial charge is 0.326 e. The number of benzene rings is 2. The number of rotatable bonds is 6. The molecule has 0 bridgehead atoms. The van der Waals surface area contributed by atoms with Crippen molar-refractivity contribution >= 4 is 11.6 Å². The van der Waals surface area contributed by atoms with E-state index in [1.807, 2.05) is 6.07 Å². The van der Waals surface area contributed by atoms with E-state index in [0.29, 0.717) is 30.8 Å². The van der Waals surface area contributed by atoms with Crippen LogP contribution >= 0.6 is 0 Å². The lowest BCUT2D eigenvalue weighted by atomic mass is 10.2. The Balaban J connectivity index is 1.69. The molecule has 4 nitrogen and oxygen atoms in total. The van der Waals surface area contributed by atoms with Gasteiger partial charge in [0, 0.05) is 25.2 Å². The van der Waals surface area contributed by atoms with Crippen LogP contribution in [0.3, 0.4) is 0 Å². The summed E-state index contributed by atoms with van der Waals surface area (Å²) in [5.74, 6) is -0.359. The summed E-state index contributed by atoms with van der Waals surface area (Å²) in [7, 11) is 0. The van der Waals surface area contributed by atoms with Crippen molar-refractivity contribution in [1.29, 1.82) is 5.26 Å². The molecule has 0 saturated carbocycles. The minimum absolute atomic E-state index is 0.101. The van der Waals surface area contributed by atoms with Crippen LogP contribution in [0.1, 0.15) is 17.5 Å². The predicted molar refractivity (Wildman–Crippen MR) is 82.5 cm³/mol. The molecule has 1 amide bonds. The average molecular weight is 297 g/mol. The molecule has 0 spiro atoms. The molecule has 2 aromatic carbocycles. The molecule has 0 aromatic heterocycles.